The number of amides is 1. The van der Waals surface area contributed by atoms with E-state index in [4.69, 9.17) is 4.42 Å². The number of carbonyl (C=O) groups excluding carboxylic acids is 1. The average Bonchev–Trinajstić information content (AvgIpc) is 3.06. The predicted octanol–water partition coefficient (Wildman–Crippen LogP) is 5.30. The molecule has 1 N–H and O–H groups in total. The summed E-state index contributed by atoms with van der Waals surface area (Å²) in [6.45, 7) is 1.93. The highest BCUT2D eigenvalue weighted by Crippen LogP contribution is 2.30. The number of rotatable bonds is 5. The molecule has 0 radical (unpaired) electrons. The molecule has 5 nitrogen and oxygen atoms in total. The smallest absolute Gasteiger partial charge is 0.277 e. The van der Waals surface area contributed by atoms with Gasteiger partial charge in [-0.3, -0.25) is 4.79 Å². The minimum atomic E-state index is -0.143. The maximum atomic E-state index is 12.2. The molecule has 3 aromatic rings. The Morgan fingerprint density at radius 1 is 1.20 bits per heavy atom. The van der Waals surface area contributed by atoms with E-state index in [1.54, 1.807) is 0 Å². The number of nitrogens with zero attached hydrogens (tertiary/aromatic N) is 2. The van der Waals surface area contributed by atoms with Crippen LogP contribution in [0.25, 0.3) is 11.5 Å². The van der Waals surface area contributed by atoms with Gasteiger partial charge < -0.3 is 9.73 Å². The molecule has 0 spiro atoms. The predicted molar refractivity (Wildman–Crippen MR) is 106 cm³/mol. The van der Waals surface area contributed by atoms with Crippen molar-refractivity contribution in [2.45, 2.75) is 12.1 Å². The summed E-state index contributed by atoms with van der Waals surface area (Å²) in [6, 6.07) is 13.3. The summed E-state index contributed by atoms with van der Waals surface area (Å²) in [4.78, 5) is 12.2. The number of aryl methyl sites for hydroxylation is 1. The van der Waals surface area contributed by atoms with E-state index >= 15 is 0 Å². The Labute approximate surface area is 165 Å². The topological polar surface area (TPSA) is 68.0 Å². The standard InChI is InChI=1S/C17H13Br2N3O2S/c1-10-7-12(18)8-13(19)15(10)20-14(23)9-25-17-22-21-16(24-17)11-5-3-2-4-6-11/h2-8H,9H2,1H3,(H,20,23). The highest BCUT2D eigenvalue weighted by molar-refractivity contribution is 9.11. The fraction of sp³-hybridized carbons (Fsp3) is 0.118. The van der Waals surface area contributed by atoms with Crippen molar-refractivity contribution >= 4 is 55.2 Å². The van der Waals surface area contributed by atoms with E-state index < -0.39 is 0 Å². The lowest BCUT2D eigenvalue weighted by atomic mass is 10.2. The van der Waals surface area contributed by atoms with Crippen LogP contribution in [0.5, 0.6) is 0 Å². The molecular weight excluding hydrogens is 470 g/mol. The molecule has 3 rings (SSSR count). The normalized spacial score (nSPS) is 10.7. The van der Waals surface area contributed by atoms with Crippen molar-refractivity contribution in [3.8, 4) is 11.5 Å². The Balaban J connectivity index is 1.61. The van der Waals surface area contributed by atoms with Crippen molar-refractivity contribution in [2.24, 2.45) is 0 Å². The van der Waals surface area contributed by atoms with Crippen LogP contribution >= 0.6 is 43.6 Å². The van der Waals surface area contributed by atoms with Gasteiger partial charge in [0.2, 0.25) is 11.8 Å². The van der Waals surface area contributed by atoms with Gasteiger partial charge in [-0.1, -0.05) is 45.9 Å². The van der Waals surface area contributed by atoms with Gasteiger partial charge in [0.05, 0.1) is 11.4 Å². The van der Waals surface area contributed by atoms with Gasteiger partial charge in [0, 0.05) is 14.5 Å². The molecule has 1 heterocycles. The Kier molecular flexibility index (Phi) is 5.93. The van der Waals surface area contributed by atoms with Crippen LogP contribution in [0.15, 0.2) is 61.0 Å². The number of nitrogens with one attached hydrogen (secondary N) is 1. The Morgan fingerprint density at radius 3 is 2.68 bits per heavy atom. The van der Waals surface area contributed by atoms with Gasteiger partial charge in [-0.25, -0.2) is 0 Å². The van der Waals surface area contributed by atoms with Crippen molar-refractivity contribution in [3.63, 3.8) is 0 Å². The molecule has 0 aliphatic rings. The third-order valence-corrected chi connectivity index (χ3v) is 5.17. The molecule has 2 aromatic carbocycles. The third-order valence-electron chi connectivity index (χ3n) is 3.27. The molecule has 0 aliphatic heterocycles. The number of benzene rings is 2. The maximum absolute atomic E-state index is 12.2. The number of hydrogen-bond acceptors (Lipinski definition) is 5. The second-order valence-corrected chi connectivity index (χ2v) is 7.85. The van der Waals surface area contributed by atoms with E-state index in [0.29, 0.717) is 11.1 Å². The summed E-state index contributed by atoms with van der Waals surface area (Å²) in [5.41, 5.74) is 2.56. The van der Waals surface area contributed by atoms with Crippen molar-refractivity contribution in [1.82, 2.24) is 10.2 Å². The molecule has 8 heteroatoms. The first-order valence-electron chi connectivity index (χ1n) is 7.30. The third kappa shape index (κ3) is 4.71. The van der Waals surface area contributed by atoms with Crippen LogP contribution in [0, 0.1) is 6.92 Å². The number of anilines is 1. The zero-order chi connectivity index (χ0) is 17.8. The lowest BCUT2D eigenvalue weighted by Crippen LogP contribution is -2.15. The molecule has 25 heavy (non-hydrogen) atoms. The van der Waals surface area contributed by atoms with Gasteiger partial charge in [0.15, 0.2) is 0 Å². The van der Waals surface area contributed by atoms with Crippen LogP contribution in [-0.4, -0.2) is 21.9 Å². The highest BCUT2D eigenvalue weighted by Gasteiger charge is 2.13. The molecule has 128 valence electrons. The summed E-state index contributed by atoms with van der Waals surface area (Å²) < 4.78 is 7.35. The second kappa shape index (κ2) is 8.16. The van der Waals surface area contributed by atoms with Crippen LogP contribution in [0.3, 0.4) is 0 Å². The van der Waals surface area contributed by atoms with Gasteiger partial charge in [-0.05, 0) is 52.7 Å². The molecule has 1 amide bonds. The van der Waals surface area contributed by atoms with Crippen LogP contribution in [0.1, 0.15) is 5.56 Å². The number of hydrogen-bond donors (Lipinski definition) is 1. The minimum Gasteiger partial charge on any atom is -0.411 e. The zero-order valence-electron chi connectivity index (χ0n) is 13.1. The number of aromatic nitrogens is 2. The highest BCUT2D eigenvalue weighted by atomic mass is 79.9. The summed E-state index contributed by atoms with van der Waals surface area (Å²) >= 11 is 8.08. The summed E-state index contributed by atoms with van der Waals surface area (Å²) in [6.07, 6.45) is 0. The molecule has 0 aliphatic carbocycles. The summed E-state index contributed by atoms with van der Waals surface area (Å²) in [5, 5.41) is 11.2. The van der Waals surface area contributed by atoms with Crippen molar-refractivity contribution in [3.05, 3.63) is 57.0 Å². The number of carbonyl (C=O) groups is 1. The molecule has 0 saturated carbocycles. The molecule has 1 aromatic heterocycles. The first-order valence-corrected chi connectivity index (χ1v) is 9.87. The van der Waals surface area contributed by atoms with Gasteiger partial charge in [-0.15, -0.1) is 10.2 Å². The van der Waals surface area contributed by atoms with E-state index in [0.717, 1.165) is 25.8 Å². The Bertz CT molecular complexity index is 877. The molecule has 0 fully saturated rings. The second-order valence-electron chi connectivity index (χ2n) is 5.16. The van der Waals surface area contributed by atoms with Crippen molar-refractivity contribution in [2.75, 3.05) is 11.1 Å². The molecule has 0 atom stereocenters. The van der Waals surface area contributed by atoms with Crippen LogP contribution in [0.2, 0.25) is 0 Å². The van der Waals surface area contributed by atoms with Gasteiger partial charge >= 0.3 is 0 Å². The molecular formula is C17H13Br2N3O2S. The first-order chi connectivity index (χ1) is 12.0. The van der Waals surface area contributed by atoms with E-state index in [2.05, 4.69) is 47.4 Å². The number of thioether (sulfide) groups is 1. The lowest BCUT2D eigenvalue weighted by molar-refractivity contribution is -0.113. The summed E-state index contributed by atoms with van der Waals surface area (Å²) in [5.74, 6) is 0.476. The van der Waals surface area contributed by atoms with Gasteiger partial charge in [0.1, 0.15) is 0 Å². The molecule has 0 saturated heterocycles. The van der Waals surface area contributed by atoms with Crippen LogP contribution in [-0.2, 0) is 4.79 Å². The minimum absolute atomic E-state index is 0.143. The van der Waals surface area contributed by atoms with Gasteiger partial charge in [-0.2, -0.15) is 0 Å². The molecule has 0 bridgehead atoms. The van der Waals surface area contributed by atoms with Crippen molar-refractivity contribution < 1.29 is 9.21 Å². The van der Waals surface area contributed by atoms with Crippen LogP contribution in [0.4, 0.5) is 5.69 Å². The first kappa shape index (κ1) is 18.2. The zero-order valence-corrected chi connectivity index (χ0v) is 17.1. The largest absolute Gasteiger partial charge is 0.411 e. The van der Waals surface area contributed by atoms with Crippen LogP contribution < -0.4 is 5.32 Å². The number of halogens is 2. The fourth-order valence-electron chi connectivity index (χ4n) is 2.13. The van der Waals surface area contributed by atoms with Crippen molar-refractivity contribution in [1.29, 1.82) is 0 Å². The Morgan fingerprint density at radius 2 is 1.96 bits per heavy atom. The van der Waals surface area contributed by atoms with E-state index in [9.17, 15) is 4.79 Å². The summed E-state index contributed by atoms with van der Waals surface area (Å²) in [7, 11) is 0. The lowest BCUT2D eigenvalue weighted by Gasteiger charge is -2.10. The van der Waals surface area contributed by atoms with E-state index in [1.807, 2.05) is 49.4 Å². The van der Waals surface area contributed by atoms with E-state index in [-0.39, 0.29) is 11.7 Å². The fourth-order valence-corrected chi connectivity index (χ4v) is 4.23. The maximum Gasteiger partial charge on any atom is 0.277 e. The average molecular weight is 483 g/mol. The van der Waals surface area contributed by atoms with E-state index in [1.165, 1.54) is 11.8 Å². The monoisotopic (exact) mass is 481 g/mol. The van der Waals surface area contributed by atoms with Gasteiger partial charge in [0.25, 0.3) is 5.22 Å². The molecule has 0 unspecified atom stereocenters. The SMILES string of the molecule is Cc1cc(Br)cc(Br)c1NC(=O)CSc1nnc(-c2ccccc2)o1. The quantitative estimate of drug-likeness (QED) is 0.499. The Hall–Kier alpha value is -1.64.